The van der Waals surface area contributed by atoms with Gasteiger partial charge in [-0.15, -0.1) is 0 Å². The van der Waals surface area contributed by atoms with Crippen LogP contribution in [-0.4, -0.2) is 38.3 Å². The smallest absolute Gasteiger partial charge is 0.223 e. The van der Waals surface area contributed by atoms with Gasteiger partial charge in [0.1, 0.15) is 0 Å². The number of halogens is 1. The topological polar surface area (TPSA) is 66.5 Å². The molecule has 0 atom stereocenters. The number of nitrogens with one attached hydrogen (secondary N) is 1. The van der Waals surface area contributed by atoms with E-state index in [1.807, 2.05) is 0 Å². The van der Waals surface area contributed by atoms with Crippen LogP contribution < -0.4 is 5.32 Å². The molecule has 0 aromatic heterocycles. The molecular formula is C24H31ClN2O3S. The third-order valence-corrected chi connectivity index (χ3v) is 7.90. The molecular weight excluding hydrogens is 432 g/mol. The van der Waals surface area contributed by atoms with Gasteiger partial charge in [0.2, 0.25) is 15.9 Å². The summed E-state index contributed by atoms with van der Waals surface area (Å²) in [7, 11) is -3.42. The highest BCUT2D eigenvalue weighted by atomic mass is 35.5. The van der Waals surface area contributed by atoms with Crippen LogP contribution in [0.4, 0.5) is 0 Å². The molecule has 168 valence electrons. The average molecular weight is 463 g/mol. The lowest BCUT2D eigenvalue weighted by Crippen LogP contribution is -2.43. The normalized spacial score (nSPS) is 15.9. The van der Waals surface area contributed by atoms with E-state index in [0.29, 0.717) is 49.0 Å². The summed E-state index contributed by atoms with van der Waals surface area (Å²) in [5.74, 6) is 0.320. The SMILES string of the molecule is CC(C)c1ccc(CCNC(=O)C2CCN(S(=O)(=O)Cc3cccc(Cl)c3)CC2)cc1. The molecule has 2 aromatic carbocycles. The van der Waals surface area contributed by atoms with Gasteiger partial charge in [0.05, 0.1) is 5.75 Å². The van der Waals surface area contributed by atoms with Crippen molar-refractivity contribution in [2.24, 2.45) is 5.92 Å². The minimum Gasteiger partial charge on any atom is -0.356 e. The van der Waals surface area contributed by atoms with Crippen molar-refractivity contribution >= 4 is 27.5 Å². The van der Waals surface area contributed by atoms with Crippen LogP contribution in [-0.2, 0) is 27.0 Å². The zero-order valence-electron chi connectivity index (χ0n) is 18.2. The number of carbonyl (C=O) groups is 1. The first kappa shape index (κ1) is 23.8. The highest BCUT2D eigenvalue weighted by Crippen LogP contribution is 2.23. The zero-order valence-corrected chi connectivity index (χ0v) is 19.8. The molecule has 1 aliphatic rings. The van der Waals surface area contributed by atoms with Gasteiger partial charge in [0.15, 0.2) is 0 Å². The number of hydrogen-bond donors (Lipinski definition) is 1. The summed E-state index contributed by atoms with van der Waals surface area (Å²) in [6, 6.07) is 15.4. The molecule has 0 aliphatic carbocycles. The van der Waals surface area contributed by atoms with E-state index >= 15 is 0 Å². The van der Waals surface area contributed by atoms with Crippen molar-refractivity contribution in [3.63, 3.8) is 0 Å². The monoisotopic (exact) mass is 462 g/mol. The van der Waals surface area contributed by atoms with Crippen molar-refractivity contribution in [2.45, 2.75) is 44.8 Å². The summed E-state index contributed by atoms with van der Waals surface area (Å²) in [6.45, 7) is 5.68. The summed E-state index contributed by atoms with van der Waals surface area (Å²) in [4.78, 5) is 12.5. The molecule has 0 unspecified atom stereocenters. The van der Waals surface area contributed by atoms with Crippen LogP contribution in [0.25, 0.3) is 0 Å². The zero-order chi connectivity index (χ0) is 22.4. The number of sulfonamides is 1. The highest BCUT2D eigenvalue weighted by Gasteiger charge is 2.31. The molecule has 5 nitrogen and oxygen atoms in total. The van der Waals surface area contributed by atoms with Crippen molar-refractivity contribution in [3.8, 4) is 0 Å². The predicted molar refractivity (Wildman–Crippen MR) is 126 cm³/mol. The van der Waals surface area contributed by atoms with Crippen LogP contribution in [0, 0.1) is 5.92 Å². The van der Waals surface area contributed by atoms with Crippen molar-refractivity contribution in [2.75, 3.05) is 19.6 Å². The molecule has 0 bridgehead atoms. The Morgan fingerprint density at radius 2 is 1.77 bits per heavy atom. The number of benzene rings is 2. The summed E-state index contributed by atoms with van der Waals surface area (Å²) in [6.07, 6.45) is 1.88. The number of carbonyl (C=O) groups excluding carboxylic acids is 1. The van der Waals surface area contributed by atoms with Gasteiger partial charge in [0, 0.05) is 30.6 Å². The second kappa shape index (κ2) is 10.6. The van der Waals surface area contributed by atoms with Crippen LogP contribution in [0.5, 0.6) is 0 Å². The summed E-state index contributed by atoms with van der Waals surface area (Å²) < 4.78 is 26.9. The van der Waals surface area contributed by atoms with Crippen molar-refractivity contribution < 1.29 is 13.2 Å². The predicted octanol–water partition coefficient (Wildman–Crippen LogP) is 4.36. The summed E-state index contributed by atoms with van der Waals surface area (Å²) in [5, 5.41) is 3.54. The average Bonchev–Trinajstić information content (AvgIpc) is 2.74. The fraction of sp³-hybridized carbons (Fsp3) is 0.458. The van der Waals surface area contributed by atoms with Gasteiger partial charge in [-0.05, 0) is 54.0 Å². The quantitative estimate of drug-likeness (QED) is 0.633. The van der Waals surface area contributed by atoms with Crippen LogP contribution in [0.2, 0.25) is 5.02 Å². The summed E-state index contributed by atoms with van der Waals surface area (Å²) >= 11 is 5.96. The lowest BCUT2D eigenvalue weighted by atomic mass is 9.97. The van der Waals surface area contributed by atoms with Crippen LogP contribution >= 0.6 is 11.6 Å². The van der Waals surface area contributed by atoms with E-state index in [1.54, 1.807) is 24.3 Å². The molecule has 1 heterocycles. The second-order valence-electron chi connectivity index (χ2n) is 8.50. The molecule has 7 heteroatoms. The van der Waals surface area contributed by atoms with Crippen LogP contribution in [0.3, 0.4) is 0 Å². The molecule has 0 saturated carbocycles. The van der Waals surface area contributed by atoms with E-state index < -0.39 is 10.0 Å². The van der Waals surface area contributed by atoms with Crippen LogP contribution in [0.15, 0.2) is 48.5 Å². The Hall–Kier alpha value is -1.89. The van der Waals surface area contributed by atoms with E-state index in [0.717, 1.165) is 6.42 Å². The molecule has 1 aliphatic heterocycles. The van der Waals surface area contributed by atoms with E-state index in [4.69, 9.17) is 11.6 Å². The first-order valence-electron chi connectivity index (χ1n) is 10.8. The Balaban J connectivity index is 1.43. The van der Waals surface area contributed by atoms with E-state index in [-0.39, 0.29) is 17.6 Å². The Morgan fingerprint density at radius 3 is 2.39 bits per heavy atom. The Kier molecular flexibility index (Phi) is 8.14. The molecule has 31 heavy (non-hydrogen) atoms. The number of rotatable bonds is 8. The van der Waals surface area contributed by atoms with Crippen molar-refractivity contribution in [3.05, 3.63) is 70.2 Å². The van der Waals surface area contributed by atoms with E-state index in [2.05, 4.69) is 43.4 Å². The van der Waals surface area contributed by atoms with E-state index in [1.165, 1.54) is 15.4 Å². The molecule has 1 amide bonds. The maximum atomic E-state index is 12.7. The maximum Gasteiger partial charge on any atom is 0.223 e. The van der Waals surface area contributed by atoms with Gasteiger partial charge in [0.25, 0.3) is 0 Å². The number of hydrogen-bond acceptors (Lipinski definition) is 3. The Bertz CT molecular complexity index is 982. The van der Waals surface area contributed by atoms with Gasteiger partial charge in [-0.25, -0.2) is 12.7 Å². The fourth-order valence-corrected chi connectivity index (χ4v) is 5.63. The highest BCUT2D eigenvalue weighted by molar-refractivity contribution is 7.88. The Morgan fingerprint density at radius 1 is 1.10 bits per heavy atom. The molecule has 0 spiro atoms. The maximum absolute atomic E-state index is 12.7. The van der Waals surface area contributed by atoms with Crippen molar-refractivity contribution in [1.29, 1.82) is 0 Å². The van der Waals surface area contributed by atoms with Gasteiger partial charge >= 0.3 is 0 Å². The largest absolute Gasteiger partial charge is 0.356 e. The van der Waals surface area contributed by atoms with Gasteiger partial charge in [-0.1, -0.05) is 61.8 Å². The first-order chi connectivity index (χ1) is 14.7. The summed E-state index contributed by atoms with van der Waals surface area (Å²) in [5.41, 5.74) is 3.19. The van der Waals surface area contributed by atoms with Gasteiger partial charge < -0.3 is 5.32 Å². The van der Waals surface area contributed by atoms with Crippen LogP contribution in [0.1, 0.15) is 49.3 Å². The molecule has 2 aromatic rings. The van der Waals surface area contributed by atoms with E-state index in [9.17, 15) is 13.2 Å². The van der Waals surface area contributed by atoms with Crippen molar-refractivity contribution in [1.82, 2.24) is 9.62 Å². The third-order valence-electron chi connectivity index (χ3n) is 5.82. The minimum absolute atomic E-state index is 0.0192. The molecule has 3 rings (SSSR count). The second-order valence-corrected chi connectivity index (χ2v) is 10.9. The van der Waals surface area contributed by atoms with Gasteiger partial charge in [-0.3, -0.25) is 4.79 Å². The standard InChI is InChI=1S/C24H31ClN2O3S/c1-18(2)21-8-6-19(7-9-21)10-13-26-24(28)22-11-14-27(15-12-22)31(29,30)17-20-4-3-5-23(25)16-20/h3-9,16,18,22H,10-15,17H2,1-2H3,(H,26,28). The first-order valence-corrected chi connectivity index (χ1v) is 12.8. The lowest BCUT2D eigenvalue weighted by Gasteiger charge is -2.30. The van der Waals surface area contributed by atoms with Gasteiger partial charge in [-0.2, -0.15) is 0 Å². The lowest BCUT2D eigenvalue weighted by molar-refractivity contribution is -0.126. The fourth-order valence-electron chi connectivity index (χ4n) is 3.87. The molecule has 1 N–H and O–H groups in total. The molecule has 1 saturated heterocycles. The number of piperidine rings is 1. The number of amides is 1. The number of nitrogens with zero attached hydrogens (tertiary/aromatic N) is 1. The molecule has 0 radical (unpaired) electrons. The minimum atomic E-state index is -3.42. The molecule has 1 fully saturated rings. The Labute approximate surface area is 190 Å². The third kappa shape index (κ3) is 6.79.